The molecule has 7 nitrogen and oxygen atoms in total. The molecule has 2 aromatic heterocycles. The van der Waals surface area contributed by atoms with Crippen LogP contribution < -0.4 is 5.32 Å². The maximum absolute atomic E-state index is 12.5. The Hall–Kier alpha value is -2.69. The molecule has 2 aromatic rings. The molecule has 0 saturated carbocycles. The highest BCUT2D eigenvalue weighted by atomic mass is 35.5. The lowest BCUT2D eigenvalue weighted by Gasteiger charge is -2.09. The van der Waals surface area contributed by atoms with E-state index in [9.17, 15) is 22.4 Å². The average molecular weight is 383 g/mol. The SMILES string of the molecule is O=C(NCc1cccnc1-n1cccn1)C(F)Cl.O=C(O)C(F)(F)F. The second-order valence-electron chi connectivity index (χ2n) is 4.26. The molecule has 0 spiro atoms. The Bertz CT molecular complexity index is 708. The van der Waals surface area contributed by atoms with E-state index in [-0.39, 0.29) is 6.54 Å². The first-order valence-corrected chi connectivity index (χ1v) is 6.86. The van der Waals surface area contributed by atoms with Crippen LogP contribution in [-0.2, 0) is 16.1 Å². The highest BCUT2D eigenvalue weighted by molar-refractivity contribution is 6.29. The summed E-state index contributed by atoms with van der Waals surface area (Å²) in [6.45, 7) is 0.134. The van der Waals surface area contributed by atoms with Crippen molar-refractivity contribution in [2.24, 2.45) is 0 Å². The van der Waals surface area contributed by atoms with Crippen LogP contribution >= 0.6 is 11.6 Å². The topological polar surface area (TPSA) is 97.1 Å². The third-order valence-corrected chi connectivity index (χ3v) is 2.68. The van der Waals surface area contributed by atoms with Crippen molar-refractivity contribution in [1.82, 2.24) is 20.1 Å². The molecule has 1 amide bonds. The fourth-order valence-corrected chi connectivity index (χ4v) is 1.51. The largest absolute Gasteiger partial charge is 0.490 e. The Morgan fingerprint density at radius 3 is 2.44 bits per heavy atom. The van der Waals surface area contributed by atoms with Gasteiger partial charge in [0.25, 0.3) is 11.5 Å². The number of hydrogen-bond acceptors (Lipinski definition) is 4. The summed E-state index contributed by atoms with van der Waals surface area (Å²) in [5.74, 6) is -3.05. The highest BCUT2D eigenvalue weighted by Gasteiger charge is 2.38. The van der Waals surface area contributed by atoms with E-state index in [0.717, 1.165) is 0 Å². The van der Waals surface area contributed by atoms with Gasteiger partial charge in [0, 0.05) is 30.7 Å². The molecule has 0 aromatic carbocycles. The van der Waals surface area contributed by atoms with E-state index < -0.39 is 23.7 Å². The van der Waals surface area contributed by atoms with Gasteiger partial charge in [0.15, 0.2) is 5.82 Å². The van der Waals surface area contributed by atoms with Gasteiger partial charge in [-0.2, -0.15) is 18.3 Å². The molecular formula is C13H11ClF4N4O3. The van der Waals surface area contributed by atoms with Crippen molar-refractivity contribution in [1.29, 1.82) is 0 Å². The summed E-state index contributed by atoms with van der Waals surface area (Å²) >= 11 is 5.02. The Kier molecular flexibility index (Phi) is 7.30. The van der Waals surface area contributed by atoms with E-state index in [0.29, 0.717) is 11.4 Å². The number of hydrogen-bond donors (Lipinski definition) is 2. The number of aromatic nitrogens is 3. The molecule has 25 heavy (non-hydrogen) atoms. The molecule has 2 N–H and O–H groups in total. The average Bonchev–Trinajstić information content (AvgIpc) is 3.06. The Morgan fingerprint density at radius 2 is 1.96 bits per heavy atom. The number of amides is 1. The first-order chi connectivity index (χ1) is 11.6. The van der Waals surface area contributed by atoms with E-state index in [4.69, 9.17) is 21.5 Å². The van der Waals surface area contributed by atoms with Crippen molar-refractivity contribution in [2.45, 2.75) is 18.4 Å². The number of alkyl halides is 5. The summed E-state index contributed by atoms with van der Waals surface area (Å²) in [5.41, 5.74) is -1.33. The van der Waals surface area contributed by atoms with Crippen molar-refractivity contribution < 1.29 is 32.3 Å². The molecule has 0 saturated heterocycles. The summed E-state index contributed by atoms with van der Waals surface area (Å²) in [6, 6.07) is 5.25. The van der Waals surface area contributed by atoms with Crippen LogP contribution in [0.1, 0.15) is 5.56 Å². The number of nitrogens with zero attached hydrogens (tertiary/aromatic N) is 3. The van der Waals surface area contributed by atoms with Crippen molar-refractivity contribution in [3.05, 3.63) is 42.4 Å². The second kappa shape index (κ2) is 8.97. The molecule has 2 rings (SSSR count). The number of carboxylic acid groups (broad SMARTS) is 1. The minimum Gasteiger partial charge on any atom is -0.475 e. The second-order valence-corrected chi connectivity index (χ2v) is 4.64. The number of carboxylic acids is 1. The van der Waals surface area contributed by atoms with Crippen LogP contribution in [0.4, 0.5) is 17.6 Å². The monoisotopic (exact) mass is 382 g/mol. The zero-order valence-corrected chi connectivity index (χ0v) is 13.0. The zero-order valence-electron chi connectivity index (χ0n) is 12.2. The van der Waals surface area contributed by atoms with E-state index in [1.807, 2.05) is 0 Å². The highest BCUT2D eigenvalue weighted by Crippen LogP contribution is 2.13. The van der Waals surface area contributed by atoms with Crippen LogP contribution in [0.2, 0.25) is 0 Å². The minimum atomic E-state index is -5.08. The van der Waals surface area contributed by atoms with Crippen LogP contribution in [0.25, 0.3) is 5.82 Å². The van der Waals surface area contributed by atoms with Crippen molar-refractivity contribution in [3.63, 3.8) is 0 Å². The van der Waals surface area contributed by atoms with Crippen molar-refractivity contribution in [2.75, 3.05) is 0 Å². The maximum atomic E-state index is 12.5. The molecular weight excluding hydrogens is 372 g/mol. The zero-order chi connectivity index (χ0) is 19.0. The number of aliphatic carboxylic acids is 1. The fraction of sp³-hybridized carbons (Fsp3) is 0.231. The van der Waals surface area contributed by atoms with E-state index in [2.05, 4.69) is 15.4 Å². The summed E-state index contributed by atoms with van der Waals surface area (Å²) in [7, 11) is 0. The summed E-state index contributed by atoms with van der Waals surface area (Å²) in [6.07, 6.45) is -0.123. The van der Waals surface area contributed by atoms with Crippen LogP contribution in [0.15, 0.2) is 36.8 Å². The Morgan fingerprint density at radius 1 is 1.32 bits per heavy atom. The van der Waals surface area contributed by atoms with E-state index >= 15 is 0 Å². The van der Waals surface area contributed by atoms with Gasteiger partial charge in [-0.25, -0.2) is 18.9 Å². The first-order valence-electron chi connectivity index (χ1n) is 6.42. The van der Waals surface area contributed by atoms with Gasteiger partial charge in [-0.15, -0.1) is 0 Å². The fourth-order valence-electron chi connectivity index (χ4n) is 1.43. The van der Waals surface area contributed by atoms with E-state index in [1.54, 1.807) is 41.5 Å². The summed E-state index contributed by atoms with van der Waals surface area (Å²) in [5, 5.41) is 13.5. The molecule has 0 bridgehead atoms. The van der Waals surface area contributed by atoms with Crippen LogP contribution in [0, 0.1) is 0 Å². The predicted octanol–water partition coefficient (Wildman–Crippen LogP) is 2.05. The van der Waals surface area contributed by atoms with E-state index in [1.165, 1.54) is 0 Å². The van der Waals surface area contributed by atoms with Gasteiger partial charge in [0.1, 0.15) is 0 Å². The molecule has 0 fully saturated rings. The normalized spacial score (nSPS) is 11.9. The van der Waals surface area contributed by atoms with Crippen molar-refractivity contribution in [3.8, 4) is 5.82 Å². The number of carbonyl (C=O) groups is 2. The molecule has 0 radical (unpaired) electrons. The molecule has 0 aliphatic rings. The third kappa shape index (κ3) is 6.75. The lowest BCUT2D eigenvalue weighted by Crippen LogP contribution is -2.29. The van der Waals surface area contributed by atoms with Crippen LogP contribution in [0.3, 0.4) is 0 Å². The Balaban J connectivity index is 0.000000381. The molecule has 2 heterocycles. The molecule has 0 aliphatic heterocycles. The van der Waals surface area contributed by atoms with Gasteiger partial charge in [0.05, 0.1) is 0 Å². The summed E-state index contributed by atoms with van der Waals surface area (Å²) in [4.78, 5) is 24.1. The van der Waals surface area contributed by atoms with Gasteiger partial charge >= 0.3 is 12.1 Å². The number of halogens is 5. The smallest absolute Gasteiger partial charge is 0.475 e. The van der Waals surface area contributed by atoms with Gasteiger partial charge in [0.2, 0.25) is 0 Å². The van der Waals surface area contributed by atoms with Crippen molar-refractivity contribution >= 4 is 23.5 Å². The molecule has 136 valence electrons. The lowest BCUT2D eigenvalue weighted by molar-refractivity contribution is -0.192. The summed E-state index contributed by atoms with van der Waals surface area (Å²) < 4.78 is 45.8. The molecule has 1 unspecified atom stereocenters. The van der Waals surface area contributed by atoms with Gasteiger partial charge in [-0.05, 0) is 12.1 Å². The standard InChI is InChI=1S/C11H10ClFN4O.C2HF3O2/c12-9(13)11(18)15-7-8-3-1-4-14-10(8)17-6-2-5-16-17;3-2(4,5)1(6)7/h1-6,9H,7H2,(H,15,18);(H,6,7). The van der Waals surface area contributed by atoms with Gasteiger partial charge in [-0.1, -0.05) is 17.7 Å². The maximum Gasteiger partial charge on any atom is 0.490 e. The number of rotatable bonds is 4. The quantitative estimate of drug-likeness (QED) is 0.623. The molecule has 1 atom stereocenters. The number of pyridine rings is 1. The Labute approximate surface area is 143 Å². The van der Waals surface area contributed by atoms with Gasteiger partial charge < -0.3 is 10.4 Å². The first kappa shape index (κ1) is 20.4. The number of nitrogens with one attached hydrogen (secondary N) is 1. The minimum absolute atomic E-state index is 0.134. The van der Waals surface area contributed by atoms with Crippen LogP contribution in [0.5, 0.6) is 0 Å². The van der Waals surface area contributed by atoms with Gasteiger partial charge in [-0.3, -0.25) is 4.79 Å². The predicted molar refractivity (Wildman–Crippen MR) is 77.6 cm³/mol. The number of carbonyl (C=O) groups excluding carboxylic acids is 1. The van der Waals surface area contributed by atoms with Crippen LogP contribution in [-0.4, -0.2) is 43.6 Å². The lowest BCUT2D eigenvalue weighted by atomic mass is 10.2. The molecule has 12 heteroatoms. The molecule has 0 aliphatic carbocycles. The third-order valence-electron chi connectivity index (χ3n) is 2.48.